The van der Waals surface area contributed by atoms with Crippen molar-refractivity contribution in [1.29, 1.82) is 0 Å². The van der Waals surface area contributed by atoms with E-state index in [1.807, 2.05) is 30.5 Å². The van der Waals surface area contributed by atoms with Crippen LogP contribution in [0.5, 0.6) is 0 Å². The van der Waals surface area contributed by atoms with Gasteiger partial charge in [-0.2, -0.15) is 0 Å². The van der Waals surface area contributed by atoms with E-state index in [0.717, 1.165) is 41.2 Å². The molecule has 1 aliphatic carbocycles. The Morgan fingerprint density at radius 3 is 1.96 bits per heavy atom. The fourth-order valence-corrected chi connectivity index (χ4v) is 8.34. The molecule has 0 saturated heterocycles. The van der Waals surface area contributed by atoms with Gasteiger partial charge < -0.3 is 9.80 Å². The van der Waals surface area contributed by atoms with Crippen molar-refractivity contribution in [3.8, 4) is 22.6 Å². The number of fused-ring (bicyclic) bond motifs is 3. The Morgan fingerprint density at radius 2 is 1.20 bits per heavy atom. The highest BCUT2D eigenvalue weighted by molar-refractivity contribution is 5.90. The van der Waals surface area contributed by atoms with Crippen molar-refractivity contribution in [2.45, 2.75) is 51.4 Å². The lowest BCUT2D eigenvalue weighted by Crippen LogP contribution is -2.37. The van der Waals surface area contributed by atoms with Crippen LogP contribution in [0.1, 0.15) is 57.2 Å². The molecule has 4 heteroatoms. The molecule has 0 radical (unpaired) electrons. The molecule has 2 aliphatic heterocycles. The minimum atomic E-state index is -0.200. The minimum absolute atomic E-state index is 0.178. The van der Waals surface area contributed by atoms with Crippen molar-refractivity contribution < 1.29 is 0 Å². The first-order valence-electron chi connectivity index (χ1n) is 17.7. The van der Waals surface area contributed by atoms with E-state index in [0.29, 0.717) is 0 Å². The van der Waals surface area contributed by atoms with Gasteiger partial charge in [-0.3, -0.25) is 0 Å². The summed E-state index contributed by atoms with van der Waals surface area (Å²) in [6, 6.07) is 45.8. The lowest BCUT2D eigenvalue weighted by atomic mass is 9.68. The number of hydrogen-bond donors (Lipinski definition) is 0. The van der Waals surface area contributed by atoms with Crippen molar-refractivity contribution in [3.05, 3.63) is 174 Å². The van der Waals surface area contributed by atoms with E-state index in [9.17, 15) is 0 Å². The average molecular weight is 649 g/mol. The molecular weight excluding hydrogens is 609 g/mol. The van der Waals surface area contributed by atoms with Crippen molar-refractivity contribution in [2.24, 2.45) is 0 Å². The fraction of sp³-hybridized carbons (Fsp3) is 0.174. The summed E-state index contributed by atoms with van der Waals surface area (Å²) in [5, 5.41) is 0. The van der Waals surface area contributed by atoms with Gasteiger partial charge in [-0.25, -0.2) is 9.97 Å². The first-order chi connectivity index (χ1) is 24.3. The normalized spacial score (nSPS) is 16.7. The second kappa shape index (κ2) is 11.4. The number of hydrogen-bond acceptors (Lipinski definition) is 4. The van der Waals surface area contributed by atoms with Crippen molar-refractivity contribution in [2.75, 3.05) is 9.80 Å². The van der Waals surface area contributed by atoms with Gasteiger partial charge in [0, 0.05) is 45.2 Å². The van der Waals surface area contributed by atoms with Crippen LogP contribution in [-0.2, 0) is 10.8 Å². The number of benzene rings is 5. The lowest BCUT2D eigenvalue weighted by molar-refractivity contribution is 0.596. The zero-order valence-corrected chi connectivity index (χ0v) is 29.1. The molecule has 0 atom stereocenters. The zero-order valence-electron chi connectivity index (χ0n) is 29.1. The van der Waals surface area contributed by atoms with Gasteiger partial charge in [-0.05, 0) is 95.8 Å². The number of para-hydroxylation sites is 2. The molecule has 9 rings (SSSR count). The van der Waals surface area contributed by atoms with Crippen LogP contribution in [0.3, 0.4) is 0 Å². The topological polar surface area (TPSA) is 32.3 Å². The van der Waals surface area contributed by atoms with Crippen molar-refractivity contribution in [1.82, 2.24) is 9.97 Å². The molecule has 244 valence electrons. The van der Waals surface area contributed by atoms with Crippen LogP contribution in [0.2, 0.25) is 0 Å². The third-order valence-electron chi connectivity index (χ3n) is 11.0. The molecule has 50 heavy (non-hydrogen) atoms. The fourth-order valence-electron chi connectivity index (χ4n) is 8.34. The maximum atomic E-state index is 4.94. The van der Waals surface area contributed by atoms with E-state index < -0.39 is 0 Å². The Morgan fingerprint density at radius 1 is 0.560 bits per heavy atom. The summed E-state index contributed by atoms with van der Waals surface area (Å²) in [5.74, 6) is 0.731. The third kappa shape index (κ3) is 4.66. The lowest BCUT2D eigenvalue weighted by Gasteiger charge is -2.48. The number of nitrogens with zero attached hydrogens (tertiary/aromatic N) is 4. The van der Waals surface area contributed by atoms with Gasteiger partial charge >= 0.3 is 0 Å². The number of allylic oxidation sites excluding steroid dienone is 4. The Bertz CT molecular complexity index is 2310. The summed E-state index contributed by atoms with van der Waals surface area (Å²) in [6.07, 6.45) is 8.61. The van der Waals surface area contributed by atoms with Gasteiger partial charge in [-0.1, -0.05) is 107 Å². The molecule has 4 nitrogen and oxygen atoms in total. The highest BCUT2D eigenvalue weighted by atomic mass is 15.2. The van der Waals surface area contributed by atoms with Crippen LogP contribution in [0.4, 0.5) is 28.4 Å². The van der Waals surface area contributed by atoms with Crippen LogP contribution in [0.25, 0.3) is 22.6 Å². The van der Waals surface area contributed by atoms with E-state index in [4.69, 9.17) is 4.98 Å². The molecule has 6 aromatic rings. The van der Waals surface area contributed by atoms with E-state index in [1.54, 1.807) is 0 Å². The molecule has 5 aromatic carbocycles. The van der Waals surface area contributed by atoms with E-state index >= 15 is 0 Å². The van der Waals surface area contributed by atoms with Gasteiger partial charge in [0.2, 0.25) is 0 Å². The summed E-state index contributed by atoms with van der Waals surface area (Å²) in [7, 11) is 0. The van der Waals surface area contributed by atoms with Crippen LogP contribution in [0, 0.1) is 0 Å². The summed E-state index contributed by atoms with van der Waals surface area (Å²) in [6.45, 7) is 9.55. The predicted octanol–water partition coefficient (Wildman–Crippen LogP) is 12.0. The van der Waals surface area contributed by atoms with Gasteiger partial charge in [0.15, 0.2) is 5.82 Å². The Labute approximate surface area is 295 Å². The molecule has 0 spiro atoms. The Hall–Kier alpha value is -5.74. The molecule has 0 bridgehead atoms. The molecule has 0 saturated carbocycles. The van der Waals surface area contributed by atoms with Gasteiger partial charge in [0.05, 0.1) is 22.8 Å². The highest BCUT2D eigenvalue weighted by Crippen LogP contribution is 2.58. The monoisotopic (exact) mass is 648 g/mol. The first kappa shape index (κ1) is 30.3. The summed E-state index contributed by atoms with van der Waals surface area (Å²) in [5.41, 5.74) is 15.5. The minimum Gasteiger partial charge on any atom is -0.314 e. The van der Waals surface area contributed by atoms with Crippen LogP contribution >= 0.6 is 0 Å². The molecule has 0 unspecified atom stereocenters. The highest BCUT2D eigenvalue weighted by Gasteiger charge is 2.43. The molecule has 3 heterocycles. The SMILES string of the molecule is CC1(C)C2=C(CCC=C2)N(c2ccc(-c3nccc(-c4ccccc4)n3)cc2)c2cc3c(cc21)N(c1ccccc1)c1ccccc1C3(C)C. The average Bonchev–Trinajstić information content (AvgIpc) is 3.16. The largest absolute Gasteiger partial charge is 0.314 e. The molecule has 0 N–H and O–H groups in total. The quantitative estimate of drug-likeness (QED) is 0.190. The second-order valence-corrected chi connectivity index (χ2v) is 14.6. The third-order valence-corrected chi connectivity index (χ3v) is 11.0. The maximum absolute atomic E-state index is 4.94. The van der Waals surface area contributed by atoms with Crippen molar-refractivity contribution in [3.63, 3.8) is 0 Å². The molecule has 0 amide bonds. The van der Waals surface area contributed by atoms with E-state index in [2.05, 4.69) is 158 Å². The predicted molar refractivity (Wildman–Crippen MR) is 207 cm³/mol. The van der Waals surface area contributed by atoms with Gasteiger partial charge in [0.25, 0.3) is 0 Å². The summed E-state index contributed by atoms with van der Waals surface area (Å²) >= 11 is 0. The number of rotatable bonds is 4. The van der Waals surface area contributed by atoms with Gasteiger partial charge in [0.1, 0.15) is 0 Å². The summed E-state index contributed by atoms with van der Waals surface area (Å²) in [4.78, 5) is 14.6. The molecule has 3 aliphatic rings. The molecular formula is C46H40N4. The van der Waals surface area contributed by atoms with Crippen LogP contribution in [-0.4, -0.2) is 9.97 Å². The van der Waals surface area contributed by atoms with E-state index in [-0.39, 0.29) is 10.8 Å². The second-order valence-electron chi connectivity index (χ2n) is 14.6. The zero-order chi connectivity index (χ0) is 34.0. The van der Waals surface area contributed by atoms with Crippen molar-refractivity contribution >= 4 is 28.4 Å². The maximum Gasteiger partial charge on any atom is 0.159 e. The first-order valence-corrected chi connectivity index (χ1v) is 17.7. The van der Waals surface area contributed by atoms with Crippen LogP contribution < -0.4 is 9.80 Å². The smallest absolute Gasteiger partial charge is 0.159 e. The standard InChI is InChI=1S/C46H40N4/c1-45(2)35-19-11-13-21-40(35)49(33-17-9-6-10-18-33)42-29-38-43(30-37(42)45)50(41-22-14-12-20-36(41)46(38,3)4)34-25-23-32(24-26-34)44-47-28-27-39(48-44)31-15-7-5-8-16-31/h5-13,15-21,23-30H,14,22H2,1-4H3. The van der Waals surface area contributed by atoms with E-state index in [1.165, 1.54) is 50.7 Å². The van der Waals surface area contributed by atoms with Crippen LogP contribution in [0.15, 0.2) is 157 Å². The number of anilines is 5. The summed E-state index contributed by atoms with van der Waals surface area (Å²) < 4.78 is 0. The Kier molecular flexibility index (Phi) is 6.93. The molecule has 0 fully saturated rings. The number of aromatic nitrogens is 2. The molecule has 1 aromatic heterocycles. The Balaban J connectivity index is 1.21. The van der Waals surface area contributed by atoms with Gasteiger partial charge in [-0.15, -0.1) is 0 Å².